The van der Waals surface area contributed by atoms with E-state index in [0.717, 1.165) is 41.4 Å². The van der Waals surface area contributed by atoms with Crippen LogP contribution < -0.4 is 0 Å². The monoisotopic (exact) mass is 365 g/mol. The topological polar surface area (TPSA) is 22.1 Å². The van der Waals surface area contributed by atoms with E-state index < -0.39 is 8.32 Å². The first-order valence-electron chi connectivity index (χ1n) is 9.42. The van der Waals surface area contributed by atoms with Crippen molar-refractivity contribution < 1.29 is 4.43 Å². The molecule has 0 saturated heterocycles. The standard InChI is InChI=1S/C23H31NOSi/c1-8-9-10-11-16-22-20(17-19-14-12-13-15-21(19)24-22)18(2)25-26(6,7)23(3,4)5/h12-15,17H,2,8-10H2,1,3-7H3. The van der Waals surface area contributed by atoms with E-state index in [-0.39, 0.29) is 5.04 Å². The fourth-order valence-electron chi connectivity index (χ4n) is 2.35. The lowest BCUT2D eigenvalue weighted by molar-refractivity contribution is 0.459. The van der Waals surface area contributed by atoms with Crippen LogP contribution in [0, 0.1) is 11.8 Å². The third kappa shape index (κ3) is 4.77. The highest BCUT2D eigenvalue weighted by atomic mass is 28.4. The third-order valence-electron chi connectivity index (χ3n) is 5.07. The zero-order valence-corrected chi connectivity index (χ0v) is 18.1. The van der Waals surface area contributed by atoms with Gasteiger partial charge in [-0.25, -0.2) is 4.98 Å². The van der Waals surface area contributed by atoms with E-state index in [0.29, 0.717) is 5.76 Å². The lowest BCUT2D eigenvalue weighted by atomic mass is 10.1. The van der Waals surface area contributed by atoms with Gasteiger partial charge in [-0.15, -0.1) is 0 Å². The number of unbranched alkanes of at least 4 members (excludes halogenated alkanes) is 2. The molecule has 2 rings (SSSR count). The highest BCUT2D eigenvalue weighted by Gasteiger charge is 2.39. The van der Waals surface area contributed by atoms with Crippen LogP contribution in [0.1, 0.15) is 58.2 Å². The first-order valence-corrected chi connectivity index (χ1v) is 12.3. The molecule has 1 heterocycles. The maximum Gasteiger partial charge on any atom is 0.250 e. The second-order valence-corrected chi connectivity index (χ2v) is 13.0. The zero-order valence-electron chi connectivity index (χ0n) is 17.1. The van der Waals surface area contributed by atoms with E-state index in [1.807, 2.05) is 18.2 Å². The number of aromatic nitrogens is 1. The molecule has 0 N–H and O–H groups in total. The summed E-state index contributed by atoms with van der Waals surface area (Å²) in [7, 11) is -1.96. The quantitative estimate of drug-likeness (QED) is 0.252. The first-order chi connectivity index (χ1) is 12.2. The Kier molecular flexibility index (Phi) is 6.31. The second kappa shape index (κ2) is 8.10. The van der Waals surface area contributed by atoms with Gasteiger partial charge in [0.15, 0.2) is 0 Å². The summed E-state index contributed by atoms with van der Waals surface area (Å²) >= 11 is 0. The minimum atomic E-state index is -1.96. The Bertz CT molecular complexity index is 850. The minimum Gasteiger partial charge on any atom is -0.543 e. The summed E-state index contributed by atoms with van der Waals surface area (Å²) in [4.78, 5) is 4.79. The van der Waals surface area contributed by atoms with Gasteiger partial charge in [-0.05, 0) is 42.6 Å². The lowest BCUT2D eigenvalue weighted by Gasteiger charge is -2.37. The van der Waals surface area contributed by atoms with Crippen molar-refractivity contribution in [2.45, 2.75) is 65.1 Å². The van der Waals surface area contributed by atoms with Crippen LogP contribution in [0.4, 0.5) is 0 Å². The summed E-state index contributed by atoms with van der Waals surface area (Å²) < 4.78 is 6.44. The number of nitrogens with zero attached hydrogens (tertiary/aromatic N) is 1. The predicted molar refractivity (Wildman–Crippen MR) is 115 cm³/mol. The lowest BCUT2D eigenvalue weighted by Crippen LogP contribution is -2.40. The Balaban J connectivity index is 2.45. The molecule has 138 valence electrons. The Morgan fingerprint density at radius 2 is 1.92 bits per heavy atom. The van der Waals surface area contributed by atoms with Crippen LogP contribution in [0.2, 0.25) is 18.1 Å². The SMILES string of the molecule is C=C(O[Si](C)(C)C(C)(C)C)c1cc2ccccc2nc1C#CCCCC. The van der Waals surface area contributed by atoms with Gasteiger partial charge in [-0.1, -0.05) is 64.8 Å². The Morgan fingerprint density at radius 3 is 2.58 bits per heavy atom. The molecule has 1 aromatic heterocycles. The molecular weight excluding hydrogens is 334 g/mol. The van der Waals surface area contributed by atoms with E-state index in [1.54, 1.807) is 0 Å². The van der Waals surface area contributed by atoms with E-state index in [4.69, 9.17) is 9.41 Å². The Hall–Kier alpha value is -2.05. The van der Waals surface area contributed by atoms with Crippen LogP contribution >= 0.6 is 0 Å². The van der Waals surface area contributed by atoms with E-state index in [2.05, 4.69) is 71.3 Å². The van der Waals surface area contributed by atoms with Crippen LogP contribution in [-0.4, -0.2) is 13.3 Å². The molecule has 0 aliphatic carbocycles. The zero-order chi connectivity index (χ0) is 19.4. The average Bonchev–Trinajstić information content (AvgIpc) is 2.56. The van der Waals surface area contributed by atoms with Gasteiger partial charge < -0.3 is 4.43 Å². The van der Waals surface area contributed by atoms with Crippen molar-refractivity contribution in [3.8, 4) is 11.8 Å². The fourth-order valence-corrected chi connectivity index (χ4v) is 3.38. The molecule has 0 amide bonds. The molecule has 0 unspecified atom stereocenters. The van der Waals surface area contributed by atoms with Gasteiger partial charge in [0.2, 0.25) is 8.32 Å². The molecule has 0 saturated carbocycles. The number of para-hydroxylation sites is 1. The van der Waals surface area contributed by atoms with Crippen LogP contribution in [0.3, 0.4) is 0 Å². The van der Waals surface area contributed by atoms with Crippen LogP contribution in [-0.2, 0) is 4.43 Å². The van der Waals surface area contributed by atoms with Gasteiger partial charge in [-0.2, -0.15) is 0 Å². The fraction of sp³-hybridized carbons (Fsp3) is 0.435. The van der Waals surface area contributed by atoms with Crippen LogP contribution in [0.15, 0.2) is 36.9 Å². The van der Waals surface area contributed by atoms with Crippen molar-refractivity contribution in [2.24, 2.45) is 0 Å². The predicted octanol–water partition coefficient (Wildman–Crippen LogP) is 6.77. The van der Waals surface area contributed by atoms with Gasteiger partial charge in [0.05, 0.1) is 5.52 Å². The normalized spacial score (nSPS) is 11.8. The van der Waals surface area contributed by atoms with Crippen molar-refractivity contribution in [3.63, 3.8) is 0 Å². The number of pyridine rings is 1. The molecule has 0 aliphatic rings. The van der Waals surface area contributed by atoms with Gasteiger partial charge in [-0.3, -0.25) is 0 Å². The van der Waals surface area contributed by atoms with Crippen molar-refractivity contribution in [1.29, 1.82) is 0 Å². The summed E-state index contributed by atoms with van der Waals surface area (Å²) in [5.74, 6) is 7.21. The van der Waals surface area contributed by atoms with Gasteiger partial charge in [0.25, 0.3) is 0 Å². The molecule has 0 bridgehead atoms. The second-order valence-electron chi connectivity index (χ2n) is 8.27. The smallest absolute Gasteiger partial charge is 0.250 e. The summed E-state index contributed by atoms with van der Waals surface area (Å²) in [6, 6.07) is 10.2. The van der Waals surface area contributed by atoms with Crippen LogP contribution in [0.25, 0.3) is 16.7 Å². The number of hydrogen-bond donors (Lipinski definition) is 0. The maximum atomic E-state index is 6.44. The molecule has 2 aromatic rings. The molecule has 0 fully saturated rings. The van der Waals surface area contributed by atoms with Crippen molar-refractivity contribution >= 4 is 25.0 Å². The summed E-state index contributed by atoms with van der Waals surface area (Å²) in [6.45, 7) is 17.6. The molecular formula is C23H31NOSi. The summed E-state index contributed by atoms with van der Waals surface area (Å²) in [6.07, 6.45) is 3.14. The summed E-state index contributed by atoms with van der Waals surface area (Å²) in [5.41, 5.74) is 2.64. The molecule has 3 heteroatoms. The molecule has 0 atom stereocenters. The molecule has 0 aliphatic heterocycles. The van der Waals surface area contributed by atoms with Crippen molar-refractivity contribution in [1.82, 2.24) is 4.98 Å². The molecule has 26 heavy (non-hydrogen) atoms. The molecule has 0 radical (unpaired) electrons. The van der Waals surface area contributed by atoms with E-state index in [1.165, 1.54) is 0 Å². The number of hydrogen-bond acceptors (Lipinski definition) is 2. The number of benzene rings is 1. The van der Waals surface area contributed by atoms with Crippen molar-refractivity contribution in [2.75, 3.05) is 0 Å². The van der Waals surface area contributed by atoms with E-state index in [9.17, 15) is 0 Å². The van der Waals surface area contributed by atoms with Gasteiger partial charge in [0, 0.05) is 17.4 Å². The molecule has 1 aromatic carbocycles. The Morgan fingerprint density at radius 1 is 1.23 bits per heavy atom. The number of rotatable bonds is 5. The highest BCUT2D eigenvalue weighted by molar-refractivity contribution is 6.74. The molecule has 2 nitrogen and oxygen atoms in total. The minimum absolute atomic E-state index is 0.118. The highest BCUT2D eigenvalue weighted by Crippen LogP contribution is 2.39. The van der Waals surface area contributed by atoms with Crippen LogP contribution in [0.5, 0.6) is 0 Å². The number of fused-ring (bicyclic) bond motifs is 1. The van der Waals surface area contributed by atoms with Gasteiger partial charge in [0.1, 0.15) is 11.5 Å². The molecule has 0 spiro atoms. The van der Waals surface area contributed by atoms with Crippen molar-refractivity contribution in [3.05, 3.63) is 48.2 Å². The Labute approximate surface area is 159 Å². The average molecular weight is 366 g/mol. The van der Waals surface area contributed by atoms with E-state index >= 15 is 0 Å². The summed E-state index contributed by atoms with van der Waals surface area (Å²) in [5, 5.41) is 1.20. The first kappa shape index (κ1) is 20.3. The van der Waals surface area contributed by atoms with Gasteiger partial charge >= 0.3 is 0 Å². The largest absolute Gasteiger partial charge is 0.543 e. The maximum absolute atomic E-state index is 6.44. The third-order valence-corrected chi connectivity index (χ3v) is 9.44.